The van der Waals surface area contributed by atoms with Gasteiger partial charge in [-0.1, -0.05) is 0 Å². The molecule has 0 saturated heterocycles. The first kappa shape index (κ1) is 19.6. The molecule has 0 bridgehead atoms. The first-order valence-corrected chi connectivity index (χ1v) is 9.58. The summed E-state index contributed by atoms with van der Waals surface area (Å²) in [7, 11) is 0. The van der Waals surface area contributed by atoms with Crippen LogP contribution in [0.1, 0.15) is 56.4 Å². The summed E-state index contributed by atoms with van der Waals surface area (Å²) < 4.78 is 24.1. The van der Waals surface area contributed by atoms with Gasteiger partial charge in [-0.05, 0) is 56.2 Å². The summed E-state index contributed by atoms with van der Waals surface area (Å²) in [6, 6.07) is 8.74. The van der Waals surface area contributed by atoms with E-state index in [0.29, 0.717) is 41.2 Å². The lowest BCUT2D eigenvalue weighted by atomic mass is 9.93. The van der Waals surface area contributed by atoms with E-state index >= 15 is 0 Å². The summed E-state index contributed by atoms with van der Waals surface area (Å²) in [5, 5.41) is 7.04. The number of nitrogens with zero attached hydrogens (tertiary/aromatic N) is 1. The van der Waals surface area contributed by atoms with E-state index in [4.69, 9.17) is 8.83 Å². The fourth-order valence-electron chi connectivity index (χ4n) is 3.44. The van der Waals surface area contributed by atoms with Crippen molar-refractivity contribution in [2.24, 2.45) is 5.10 Å². The second kappa shape index (κ2) is 8.36. The Labute approximate surface area is 172 Å². The maximum absolute atomic E-state index is 13.0. The summed E-state index contributed by atoms with van der Waals surface area (Å²) in [5.74, 6) is 0.354. The van der Waals surface area contributed by atoms with E-state index in [0.717, 1.165) is 12.0 Å². The summed E-state index contributed by atoms with van der Waals surface area (Å²) in [5.41, 5.74) is 4.90. The predicted molar refractivity (Wildman–Crippen MR) is 107 cm³/mol. The molecule has 1 aliphatic carbocycles. The van der Waals surface area contributed by atoms with Crippen LogP contribution in [-0.2, 0) is 13.0 Å². The van der Waals surface area contributed by atoms with Crippen molar-refractivity contribution in [2.45, 2.75) is 32.7 Å². The molecule has 0 saturated carbocycles. The number of hydrogen-bond acceptors (Lipinski definition) is 5. The van der Waals surface area contributed by atoms with Crippen LogP contribution in [0.3, 0.4) is 0 Å². The minimum absolute atomic E-state index is 0.228. The number of hydrogen-bond donors (Lipinski definition) is 2. The Morgan fingerprint density at radius 1 is 1.13 bits per heavy atom. The average Bonchev–Trinajstić information content (AvgIpc) is 3.39. The Morgan fingerprint density at radius 2 is 1.93 bits per heavy atom. The normalized spacial score (nSPS) is 14.4. The third-order valence-electron chi connectivity index (χ3n) is 4.93. The molecule has 7 nitrogen and oxygen atoms in total. The SMILES string of the molecule is Cc1c(C(=O)NCc2ccco2)oc2c1/C(=N/NC(=O)c1ccc(F)cc1)CCC2. The zero-order chi connectivity index (χ0) is 21.1. The summed E-state index contributed by atoms with van der Waals surface area (Å²) in [6.07, 6.45) is 3.66. The number of nitrogens with one attached hydrogen (secondary N) is 2. The van der Waals surface area contributed by atoms with E-state index in [9.17, 15) is 14.0 Å². The Kier molecular flexibility index (Phi) is 5.47. The van der Waals surface area contributed by atoms with Crippen molar-refractivity contribution in [3.8, 4) is 0 Å². The molecule has 0 fully saturated rings. The molecule has 1 aromatic carbocycles. The van der Waals surface area contributed by atoms with Gasteiger partial charge >= 0.3 is 0 Å². The van der Waals surface area contributed by atoms with E-state index in [-0.39, 0.29) is 18.2 Å². The monoisotopic (exact) mass is 409 g/mol. The number of hydrazone groups is 1. The maximum atomic E-state index is 13.0. The number of carbonyl (C=O) groups is 2. The van der Waals surface area contributed by atoms with Gasteiger partial charge in [0.1, 0.15) is 17.3 Å². The number of amides is 2. The molecule has 0 spiro atoms. The first-order valence-electron chi connectivity index (χ1n) is 9.58. The number of halogens is 1. The minimum Gasteiger partial charge on any atom is -0.467 e. The Hall–Kier alpha value is -3.68. The van der Waals surface area contributed by atoms with Gasteiger partial charge in [-0.25, -0.2) is 9.82 Å². The molecule has 154 valence electrons. The van der Waals surface area contributed by atoms with Gasteiger partial charge in [-0.3, -0.25) is 9.59 Å². The van der Waals surface area contributed by atoms with Gasteiger partial charge in [0, 0.05) is 23.1 Å². The lowest BCUT2D eigenvalue weighted by Gasteiger charge is -2.13. The van der Waals surface area contributed by atoms with Crippen molar-refractivity contribution in [1.82, 2.24) is 10.7 Å². The van der Waals surface area contributed by atoms with Crippen molar-refractivity contribution in [3.63, 3.8) is 0 Å². The number of benzene rings is 1. The van der Waals surface area contributed by atoms with Crippen LogP contribution in [0.2, 0.25) is 0 Å². The zero-order valence-electron chi connectivity index (χ0n) is 16.3. The highest BCUT2D eigenvalue weighted by Gasteiger charge is 2.28. The molecule has 0 aliphatic heterocycles. The quantitative estimate of drug-likeness (QED) is 0.628. The molecule has 0 unspecified atom stereocenters. The van der Waals surface area contributed by atoms with Gasteiger partial charge in [0.15, 0.2) is 5.76 Å². The largest absolute Gasteiger partial charge is 0.467 e. The third-order valence-corrected chi connectivity index (χ3v) is 4.93. The van der Waals surface area contributed by atoms with Crippen LogP contribution in [0.5, 0.6) is 0 Å². The van der Waals surface area contributed by atoms with E-state index in [1.807, 2.05) is 0 Å². The third kappa shape index (κ3) is 4.03. The fourth-order valence-corrected chi connectivity index (χ4v) is 3.44. The molecule has 2 amide bonds. The van der Waals surface area contributed by atoms with Crippen LogP contribution >= 0.6 is 0 Å². The lowest BCUT2D eigenvalue weighted by Crippen LogP contribution is -2.23. The number of rotatable bonds is 5. The number of aryl methyl sites for hydroxylation is 1. The number of fused-ring (bicyclic) bond motifs is 1. The average molecular weight is 409 g/mol. The minimum atomic E-state index is -0.438. The fraction of sp³-hybridized carbons (Fsp3) is 0.227. The molecule has 1 aliphatic rings. The topological polar surface area (TPSA) is 96.8 Å². The smallest absolute Gasteiger partial charge is 0.287 e. The molecule has 2 aromatic heterocycles. The van der Waals surface area contributed by atoms with E-state index in [1.54, 1.807) is 25.3 Å². The number of carbonyl (C=O) groups excluding carboxylic acids is 2. The van der Waals surface area contributed by atoms with Crippen LogP contribution < -0.4 is 10.7 Å². The molecule has 0 radical (unpaired) electrons. The van der Waals surface area contributed by atoms with Crippen molar-refractivity contribution >= 4 is 17.5 Å². The van der Waals surface area contributed by atoms with Gasteiger partial charge in [-0.2, -0.15) is 5.10 Å². The van der Waals surface area contributed by atoms with Gasteiger partial charge < -0.3 is 14.2 Å². The molecule has 3 aromatic rings. The van der Waals surface area contributed by atoms with E-state index in [1.165, 1.54) is 24.3 Å². The molecule has 2 N–H and O–H groups in total. The molecule has 2 heterocycles. The van der Waals surface area contributed by atoms with Crippen molar-refractivity contribution < 1.29 is 22.8 Å². The van der Waals surface area contributed by atoms with Crippen molar-refractivity contribution in [3.05, 3.63) is 82.4 Å². The maximum Gasteiger partial charge on any atom is 0.287 e. The van der Waals surface area contributed by atoms with Crippen LogP contribution in [0.4, 0.5) is 4.39 Å². The van der Waals surface area contributed by atoms with E-state index in [2.05, 4.69) is 15.8 Å². The zero-order valence-corrected chi connectivity index (χ0v) is 16.3. The van der Waals surface area contributed by atoms with Crippen LogP contribution in [0.25, 0.3) is 0 Å². The molecule has 8 heteroatoms. The van der Waals surface area contributed by atoms with Crippen LogP contribution in [0, 0.1) is 12.7 Å². The Balaban J connectivity index is 1.51. The Bertz CT molecular complexity index is 1100. The standard InChI is InChI=1S/C22H20FN3O4/c1-13-19-17(25-26-21(27)14-7-9-15(23)10-8-14)5-2-6-18(19)30-20(13)22(28)24-12-16-4-3-11-29-16/h3-4,7-11H,2,5-6,12H2,1H3,(H,24,28)(H,26,27)/b25-17+. The molecule has 0 atom stereocenters. The van der Waals surface area contributed by atoms with Crippen molar-refractivity contribution in [1.29, 1.82) is 0 Å². The summed E-state index contributed by atoms with van der Waals surface area (Å²) >= 11 is 0. The van der Waals surface area contributed by atoms with Gasteiger partial charge in [0.2, 0.25) is 0 Å². The summed E-state index contributed by atoms with van der Waals surface area (Å²) in [6.45, 7) is 2.05. The van der Waals surface area contributed by atoms with Crippen LogP contribution in [0.15, 0.2) is 56.6 Å². The lowest BCUT2D eigenvalue weighted by molar-refractivity contribution is 0.0916. The van der Waals surface area contributed by atoms with E-state index < -0.39 is 11.7 Å². The molecular formula is C22H20FN3O4. The second-order valence-corrected chi connectivity index (χ2v) is 6.98. The predicted octanol–water partition coefficient (Wildman–Crippen LogP) is 3.72. The summed E-state index contributed by atoms with van der Waals surface area (Å²) in [4.78, 5) is 24.8. The molecular weight excluding hydrogens is 389 g/mol. The molecule has 4 rings (SSSR count). The van der Waals surface area contributed by atoms with Crippen LogP contribution in [-0.4, -0.2) is 17.5 Å². The van der Waals surface area contributed by atoms with Gasteiger partial charge in [0.25, 0.3) is 11.8 Å². The van der Waals surface area contributed by atoms with Gasteiger partial charge in [0.05, 0.1) is 18.5 Å². The first-order chi connectivity index (χ1) is 14.5. The second-order valence-electron chi connectivity index (χ2n) is 6.98. The number of furan rings is 2. The van der Waals surface area contributed by atoms with Gasteiger partial charge in [-0.15, -0.1) is 0 Å². The highest BCUT2D eigenvalue weighted by Crippen LogP contribution is 2.30. The highest BCUT2D eigenvalue weighted by atomic mass is 19.1. The highest BCUT2D eigenvalue weighted by molar-refractivity contribution is 6.07. The van der Waals surface area contributed by atoms with Crippen molar-refractivity contribution in [2.75, 3.05) is 0 Å². The molecule has 30 heavy (non-hydrogen) atoms. The Morgan fingerprint density at radius 3 is 2.67 bits per heavy atom.